The number of carbonyl (C=O) groups excluding carboxylic acids is 1. The number of carbonyl (C=O) groups is 1. The summed E-state index contributed by atoms with van der Waals surface area (Å²) in [6, 6.07) is -0.0301. The minimum atomic E-state index is -0.281. The number of nitrogens with zero attached hydrogens (tertiary/aromatic N) is 2. The van der Waals surface area contributed by atoms with Crippen molar-refractivity contribution >= 4 is 5.91 Å². The van der Waals surface area contributed by atoms with E-state index in [0.717, 1.165) is 32.6 Å². The van der Waals surface area contributed by atoms with Gasteiger partial charge in [-0.3, -0.25) is 9.69 Å². The molecule has 1 saturated heterocycles. The van der Waals surface area contributed by atoms with E-state index in [2.05, 4.69) is 4.90 Å². The van der Waals surface area contributed by atoms with Gasteiger partial charge in [0.25, 0.3) is 0 Å². The number of piperazine rings is 1. The minimum absolute atomic E-state index is 0.0301. The second-order valence-corrected chi connectivity index (χ2v) is 4.27. The summed E-state index contributed by atoms with van der Waals surface area (Å²) in [5.74, 6) is 0.217. The molecule has 0 aliphatic carbocycles. The Balaban J connectivity index is 2.45. The van der Waals surface area contributed by atoms with Crippen molar-refractivity contribution in [3.05, 3.63) is 0 Å². The SMILES string of the molecule is CCN1CCN(CCC(C)O)C(C)C1=O. The van der Waals surface area contributed by atoms with Crippen LogP contribution in [0, 0.1) is 0 Å². The van der Waals surface area contributed by atoms with Crippen LogP contribution >= 0.6 is 0 Å². The molecular formula is C11H22N2O2. The topological polar surface area (TPSA) is 43.8 Å². The summed E-state index contributed by atoms with van der Waals surface area (Å²) in [6.07, 6.45) is 0.459. The Hall–Kier alpha value is -0.610. The van der Waals surface area contributed by atoms with Crippen LogP contribution in [0.3, 0.4) is 0 Å². The quantitative estimate of drug-likeness (QED) is 0.732. The van der Waals surface area contributed by atoms with Crippen molar-refractivity contribution in [1.29, 1.82) is 0 Å². The standard InChI is InChI=1S/C11H22N2O2/c1-4-12-7-8-13(6-5-9(2)14)10(3)11(12)15/h9-10,14H,4-8H2,1-3H3. The first-order chi connectivity index (χ1) is 7.06. The third-order valence-corrected chi connectivity index (χ3v) is 3.09. The first-order valence-electron chi connectivity index (χ1n) is 5.77. The maximum atomic E-state index is 11.8. The minimum Gasteiger partial charge on any atom is -0.393 e. The molecule has 1 fully saturated rings. The lowest BCUT2D eigenvalue weighted by atomic mass is 10.1. The number of hydrogen-bond acceptors (Lipinski definition) is 3. The zero-order valence-electron chi connectivity index (χ0n) is 9.94. The molecule has 88 valence electrons. The fourth-order valence-electron chi connectivity index (χ4n) is 1.95. The molecule has 4 heteroatoms. The van der Waals surface area contributed by atoms with Crippen molar-refractivity contribution in [2.24, 2.45) is 0 Å². The first-order valence-corrected chi connectivity index (χ1v) is 5.77. The van der Waals surface area contributed by atoms with Crippen LogP contribution in [0.4, 0.5) is 0 Å². The number of amides is 1. The molecule has 2 unspecified atom stereocenters. The number of aliphatic hydroxyl groups excluding tert-OH is 1. The van der Waals surface area contributed by atoms with Gasteiger partial charge in [-0.2, -0.15) is 0 Å². The highest BCUT2D eigenvalue weighted by molar-refractivity contribution is 5.82. The molecule has 1 aliphatic heterocycles. The number of aliphatic hydroxyl groups is 1. The van der Waals surface area contributed by atoms with Crippen molar-refractivity contribution in [3.63, 3.8) is 0 Å². The highest BCUT2D eigenvalue weighted by Crippen LogP contribution is 2.11. The summed E-state index contributed by atoms with van der Waals surface area (Å²) in [5.41, 5.74) is 0. The molecule has 0 bridgehead atoms. The van der Waals surface area contributed by atoms with Gasteiger partial charge < -0.3 is 10.0 Å². The fourth-order valence-corrected chi connectivity index (χ4v) is 1.95. The molecule has 1 heterocycles. The van der Waals surface area contributed by atoms with Gasteiger partial charge in [0, 0.05) is 26.2 Å². The van der Waals surface area contributed by atoms with Crippen molar-refractivity contribution in [2.75, 3.05) is 26.2 Å². The molecule has 0 radical (unpaired) electrons. The predicted octanol–water partition coefficient (Wildman–Crippen LogP) is 0.310. The lowest BCUT2D eigenvalue weighted by molar-refractivity contribution is -0.140. The average molecular weight is 214 g/mol. The first kappa shape index (κ1) is 12.5. The maximum absolute atomic E-state index is 11.8. The second-order valence-electron chi connectivity index (χ2n) is 4.27. The fraction of sp³-hybridized carbons (Fsp3) is 0.909. The van der Waals surface area contributed by atoms with E-state index >= 15 is 0 Å². The summed E-state index contributed by atoms with van der Waals surface area (Å²) in [4.78, 5) is 15.9. The third-order valence-electron chi connectivity index (χ3n) is 3.09. The smallest absolute Gasteiger partial charge is 0.239 e. The Morgan fingerprint density at radius 1 is 1.53 bits per heavy atom. The Bertz CT molecular complexity index is 219. The van der Waals surface area contributed by atoms with Crippen LogP contribution in [0.5, 0.6) is 0 Å². The molecule has 0 aromatic carbocycles. The molecule has 2 atom stereocenters. The third kappa shape index (κ3) is 3.18. The molecule has 0 saturated carbocycles. The predicted molar refractivity (Wildman–Crippen MR) is 59.6 cm³/mol. The number of hydrogen-bond donors (Lipinski definition) is 1. The van der Waals surface area contributed by atoms with E-state index in [1.165, 1.54) is 0 Å². The van der Waals surface area contributed by atoms with Gasteiger partial charge in [0.2, 0.25) is 5.91 Å². The average Bonchev–Trinajstić information content (AvgIpc) is 2.20. The monoisotopic (exact) mass is 214 g/mol. The van der Waals surface area contributed by atoms with E-state index in [0.29, 0.717) is 0 Å². The lowest BCUT2D eigenvalue weighted by Gasteiger charge is -2.38. The van der Waals surface area contributed by atoms with Gasteiger partial charge in [-0.05, 0) is 27.2 Å². The van der Waals surface area contributed by atoms with Crippen LogP contribution < -0.4 is 0 Å². The van der Waals surface area contributed by atoms with Gasteiger partial charge >= 0.3 is 0 Å². The highest BCUT2D eigenvalue weighted by Gasteiger charge is 2.29. The van der Waals surface area contributed by atoms with Gasteiger partial charge in [0.15, 0.2) is 0 Å². The second kappa shape index (κ2) is 5.47. The van der Waals surface area contributed by atoms with Crippen molar-refractivity contribution in [3.8, 4) is 0 Å². The van der Waals surface area contributed by atoms with E-state index in [-0.39, 0.29) is 18.1 Å². The molecular weight excluding hydrogens is 192 g/mol. The summed E-state index contributed by atoms with van der Waals surface area (Å²) in [6.45, 7) is 9.10. The van der Waals surface area contributed by atoms with Crippen LogP contribution in [0.2, 0.25) is 0 Å². The molecule has 1 N–H and O–H groups in total. The van der Waals surface area contributed by atoms with Crippen LogP contribution in [0.1, 0.15) is 27.2 Å². The normalized spacial score (nSPS) is 25.7. The van der Waals surface area contributed by atoms with E-state index in [1.807, 2.05) is 18.7 Å². The van der Waals surface area contributed by atoms with Crippen LogP contribution in [-0.4, -0.2) is 59.1 Å². The zero-order chi connectivity index (χ0) is 11.4. The van der Waals surface area contributed by atoms with Gasteiger partial charge in [-0.25, -0.2) is 0 Å². The van der Waals surface area contributed by atoms with E-state index in [1.54, 1.807) is 6.92 Å². The van der Waals surface area contributed by atoms with E-state index < -0.39 is 0 Å². The van der Waals surface area contributed by atoms with Gasteiger partial charge in [-0.1, -0.05) is 0 Å². The van der Waals surface area contributed by atoms with Crippen molar-refractivity contribution < 1.29 is 9.90 Å². The Morgan fingerprint density at radius 2 is 2.20 bits per heavy atom. The molecule has 1 aliphatic rings. The van der Waals surface area contributed by atoms with Crippen LogP contribution in [-0.2, 0) is 4.79 Å². The molecule has 1 rings (SSSR count). The van der Waals surface area contributed by atoms with Gasteiger partial charge in [0.05, 0.1) is 12.1 Å². The molecule has 0 aromatic rings. The zero-order valence-corrected chi connectivity index (χ0v) is 9.94. The number of likely N-dealkylation sites (N-methyl/N-ethyl adjacent to an activating group) is 1. The maximum Gasteiger partial charge on any atom is 0.239 e. The number of rotatable bonds is 4. The van der Waals surface area contributed by atoms with Crippen molar-refractivity contribution in [2.45, 2.75) is 39.3 Å². The lowest BCUT2D eigenvalue weighted by Crippen LogP contribution is -2.55. The summed E-state index contributed by atoms with van der Waals surface area (Å²) < 4.78 is 0. The Labute approximate surface area is 91.9 Å². The molecule has 1 amide bonds. The van der Waals surface area contributed by atoms with Crippen LogP contribution in [0.15, 0.2) is 0 Å². The largest absolute Gasteiger partial charge is 0.393 e. The Kier molecular flexibility index (Phi) is 4.54. The summed E-state index contributed by atoms with van der Waals surface area (Å²) >= 11 is 0. The summed E-state index contributed by atoms with van der Waals surface area (Å²) in [5, 5.41) is 9.21. The molecule has 15 heavy (non-hydrogen) atoms. The van der Waals surface area contributed by atoms with Gasteiger partial charge in [0.1, 0.15) is 0 Å². The van der Waals surface area contributed by atoms with Crippen LogP contribution in [0.25, 0.3) is 0 Å². The summed E-state index contributed by atoms with van der Waals surface area (Å²) in [7, 11) is 0. The van der Waals surface area contributed by atoms with Crippen molar-refractivity contribution in [1.82, 2.24) is 9.80 Å². The van der Waals surface area contributed by atoms with Gasteiger partial charge in [-0.15, -0.1) is 0 Å². The highest BCUT2D eigenvalue weighted by atomic mass is 16.3. The molecule has 0 spiro atoms. The Morgan fingerprint density at radius 3 is 2.73 bits per heavy atom. The molecule has 4 nitrogen and oxygen atoms in total. The van der Waals surface area contributed by atoms with E-state index in [9.17, 15) is 9.90 Å². The molecule has 0 aromatic heterocycles. The van der Waals surface area contributed by atoms with E-state index in [4.69, 9.17) is 0 Å².